The molecule has 13 heavy (non-hydrogen) atoms. The Hall–Kier alpha value is -0.680. The average Bonchev–Trinajstić information content (AvgIpc) is 2.03. The lowest BCUT2D eigenvalue weighted by molar-refractivity contribution is 0.682. The van der Waals surface area contributed by atoms with Crippen LogP contribution in [-0.2, 0) is 9.92 Å². The lowest BCUT2D eigenvalue weighted by atomic mass is 10.3. The monoisotopic (exact) mass is 216 g/mol. The van der Waals surface area contributed by atoms with Gasteiger partial charge in [0.15, 0.2) is 0 Å². The zero-order chi connectivity index (χ0) is 9.90. The highest BCUT2D eigenvalue weighted by Gasteiger charge is 1.97. The van der Waals surface area contributed by atoms with E-state index < -0.39 is 9.92 Å². The highest BCUT2D eigenvalue weighted by molar-refractivity contribution is 7.98. The first-order chi connectivity index (χ1) is 6.01. The van der Waals surface area contributed by atoms with E-state index >= 15 is 0 Å². The van der Waals surface area contributed by atoms with E-state index in [9.17, 15) is 4.21 Å². The summed E-state index contributed by atoms with van der Waals surface area (Å²) in [5, 5.41) is 0. The summed E-state index contributed by atoms with van der Waals surface area (Å²) in [6.45, 7) is 0. The third-order valence-electron chi connectivity index (χ3n) is 1.40. The SMILES string of the molecule is CSc1ccc(NS(C)(=N)=O)cc1. The van der Waals surface area contributed by atoms with Crippen molar-refractivity contribution in [1.82, 2.24) is 0 Å². The smallest absolute Gasteiger partial charge is 0.123 e. The largest absolute Gasteiger partial charge is 0.299 e. The van der Waals surface area contributed by atoms with Crippen LogP contribution < -0.4 is 4.72 Å². The van der Waals surface area contributed by atoms with Crippen molar-refractivity contribution < 1.29 is 4.21 Å². The summed E-state index contributed by atoms with van der Waals surface area (Å²) in [6, 6.07) is 7.50. The zero-order valence-electron chi connectivity index (χ0n) is 7.53. The number of nitrogens with one attached hydrogen (secondary N) is 2. The van der Waals surface area contributed by atoms with E-state index in [0.29, 0.717) is 0 Å². The summed E-state index contributed by atoms with van der Waals surface area (Å²) in [6.07, 6.45) is 3.35. The summed E-state index contributed by atoms with van der Waals surface area (Å²) in [5.74, 6) is 0. The summed E-state index contributed by atoms with van der Waals surface area (Å²) >= 11 is 1.65. The van der Waals surface area contributed by atoms with Gasteiger partial charge in [0, 0.05) is 16.8 Å². The molecule has 3 nitrogen and oxygen atoms in total. The molecule has 0 aliphatic rings. The predicted molar refractivity (Wildman–Crippen MR) is 58.6 cm³/mol. The van der Waals surface area contributed by atoms with E-state index in [-0.39, 0.29) is 0 Å². The minimum atomic E-state index is -2.65. The second-order valence-electron chi connectivity index (χ2n) is 2.67. The number of benzene rings is 1. The molecule has 0 bridgehead atoms. The first kappa shape index (κ1) is 10.4. The van der Waals surface area contributed by atoms with Gasteiger partial charge in [-0.3, -0.25) is 4.72 Å². The van der Waals surface area contributed by atoms with Crippen molar-refractivity contribution in [2.75, 3.05) is 17.2 Å². The van der Waals surface area contributed by atoms with Crippen LogP contribution in [0, 0.1) is 4.78 Å². The maximum atomic E-state index is 11.1. The molecule has 1 atom stereocenters. The molecule has 5 heteroatoms. The second-order valence-corrected chi connectivity index (χ2v) is 5.45. The lowest BCUT2D eigenvalue weighted by Crippen LogP contribution is -2.07. The van der Waals surface area contributed by atoms with Crippen molar-refractivity contribution in [2.24, 2.45) is 0 Å². The van der Waals surface area contributed by atoms with Crippen LogP contribution in [0.2, 0.25) is 0 Å². The van der Waals surface area contributed by atoms with Crippen molar-refractivity contribution >= 4 is 27.4 Å². The van der Waals surface area contributed by atoms with Crippen LogP contribution in [0.15, 0.2) is 29.2 Å². The Kier molecular flexibility index (Phi) is 3.22. The normalized spacial score (nSPS) is 14.9. The molecule has 0 heterocycles. The van der Waals surface area contributed by atoms with Gasteiger partial charge in [0.2, 0.25) is 0 Å². The van der Waals surface area contributed by atoms with E-state index in [1.807, 2.05) is 30.5 Å². The highest BCUT2D eigenvalue weighted by atomic mass is 32.2. The van der Waals surface area contributed by atoms with Crippen LogP contribution in [0.3, 0.4) is 0 Å². The topological polar surface area (TPSA) is 53.0 Å². The number of hydrogen-bond acceptors (Lipinski definition) is 3. The zero-order valence-corrected chi connectivity index (χ0v) is 9.17. The van der Waals surface area contributed by atoms with Gasteiger partial charge < -0.3 is 0 Å². The van der Waals surface area contributed by atoms with Gasteiger partial charge in [-0.05, 0) is 30.5 Å². The number of hydrogen-bond donors (Lipinski definition) is 2. The van der Waals surface area contributed by atoms with Crippen molar-refractivity contribution in [2.45, 2.75) is 4.90 Å². The van der Waals surface area contributed by atoms with Crippen LogP contribution in [0.25, 0.3) is 0 Å². The Labute approximate surface area is 83.0 Å². The van der Waals surface area contributed by atoms with Gasteiger partial charge in [0.05, 0.1) is 0 Å². The number of rotatable bonds is 3. The fourth-order valence-corrected chi connectivity index (χ4v) is 1.88. The van der Waals surface area contributed by atoms with E-state index in [4.69, 9.17) is 4.78 Å². The van der Waals surface area contributed by atoms with Gasteiger partial charge in [-0.1, -0.05) is 0 Å². The van der Waals surface area contributed by atoms with Crippen LogP contribution in [0.5, 0.6) is 0 Å². The van der Waals surface area contributed by atoms with Crippen molar-refractivity contribution in [1.29, 1.82) is 4.78 Å². The molecule has 72 valence electrons. The standard InChI is InChI=1S/C8H12N2OS2/c1-12-8-5-3-7(4-6-8)10-13(2,9)11/h3-6H,1-2H3,(H2,9,10,11). The third kappa shape index (κ3) is 3.69. The summed E-state index contributed by atoms with van der Waals surface area (Å²) in [4.78, 5) is 1.15. The van der Waals surface area contributed by atoms with Gasteiger partial charge in [-0.15, -0.1) is 11.8 Å². The lowest BCUT2D eigenvalue weighted by Gasteiger charge is -2.05. The molecule has 0 radical (unpaired) electrons. The molecular weight excluding hydrogens is 204 g/mol. The molecular formula is C8H12N2OS2. The Bertz CT molecular complexity index is 370. The fraction of sp³-hybridized carbons (Fsp3) is 0.250. The highest BCUT2D eigenvalue weighted by Crippen LogP contribution is 2.17. The minimum absolute atomic E-state index is 0.723. The Balaban J connectivity index is 2.81. The van der Waals surface area contributed by atoms with Crippen LogP contribution in [0.4, 0.5) is 5.69 Å². The molecule has 0 saturated heterocycles. The van der Waals surface area contributed by atoms with Crippen molar-refractivity contribution in [3.8, 4) is 0 Å². The van der Waals surface area contributed by atoms with E-state index in [2.05, 4.69) is 4.72 Å². The molecule has 1 aromatic carbocycles. The molecule has 0 aromatic heterocycles. The van der Waals surface area contributed by atoms with Gasteiger partial charge >= 0.3 is 0 Å². The van der Waals surface area contributed by atoms with E-state index in [1.54, 1.807) is 11.8 Å². The van der Waals surface area contributed by atoms with Crippen LogP contribution in [0.1, 0.15) is 0 Å². The molecule has 0 amide bonds. The van der Waals surface area contributed by atoms with E-state index in [1.165, 1.54) is 6.26 Å². The second kappa shape index (κ2) is 4.02. The average molecular weight is 216 g/mol. The molecule has 1 aromatic rings. The predicted octanol–water partition coefficient (Wildman–Crippen LogP) is 2.41. The third-order valence-corrected chi connectivity index (χ3v) is 2.77. The molecule has 0 spiro atoms. The Morgan fingerprint density at radius 1 is 1.38 bits per heavy atom. The maximum Gasteiger partial charge on any atom is 0.123 e. The molecule has 1 unspecified atom stereocenters. The summed E-state index contributed by atoms with van der Waals surface area (Å²) in [5.41, 5.74) is 0.723. The van der Waals surface area contributed by atoms with Crippen LogP contribution >= 0.6 is 11.8 Å². The molecule has 0 aliphatic heterocycles. The Morgan fingerprint density at radius 2 is 1.92 bits per heavy atom. The Morgan fingerprint density at radius 3 is 2.31 bits per heavy atom. The number of anilines is 1. The molecule has 0 fully saturated rings. The van der Waals surface area contributed by atoms with E-state index in [0.717, 1.165) is 10.6 Å². The van der Waals surface area contributed by atoms with Crippen molar-refractivity contribution in [3.63, 3.8) is 0 Å². The first-order valence-electron chi connectivity index (χ1n) is 3.67. The van der Waals surface area contributed by atoms with Gasteiger partial charge in [0.25, 0.3) is 0 Å². The van der Waals surface area contributed by atoms with Gasteiger partial charge in [-0.25, -0.2) is 8.99 Å². The molecule has 2 N–H and O–H groups in total. The quantitative estimate of drug-likeness (QED) is 0.762. The fourth-order valence-electron chi connectivity index (χ4n) is 0.884. The number of thioether (sulfide) groups is 1. The molecule has 0 aliphatic carbocycles. The van der Waals surface area contributed by atoms with Crippen LogP contribution in [-0.4, -0.2) is 16.7 Å². The molecule has 1 rings (SSSR count). The minimum Gasteiger partial charge on any atom is -0.299 e. The van der Waals surface area contributed by atoms with Gasteiger partial charge in [0.1, 0.15) is 9.92 Å². The maximum absolute atomic E-state index is 11.1. The molecule has 0 saturated carbocycles. The summed E-state index contributed by atoms with van der Waals surface area (Å²) < 4.78 is 20.9. The van der Waals surface area contributed by atoms with Gasteiger partial charge in [-0.2, -0.15) is 0 Å². The van der Waals surface area contributed by atoms with Crippen molar-refractivity contribution in [3.05, 3.63) is 24.3 Å². The first-order valence-corrected chi connectivity index (χ1v) is 6.86. The summed E-state index contributed by atoms with van der Waals surface area (Å²) in [7, 11) is -2.65.